The molecule has 166 valence electrons. The third kappa shape index (κ3) is 4.67. The summed E-state index contributed by atoms with van der Waals surface area (Å²) in [4.78, 5) is 19.9. The Morgan fingerprint density at radius 2 is 1.81 bits per heavy atom. The van der Waals surface area contributed by atoms with E-state index in [0.29, 0.717) is 17.5 Å². The van der Waals surface area contributed by atoms with Crippen molar-refractivity contribution in [1.82, 2.24) is 19.7 Å². The first-order valence-electron chi connectivity index (χ1n) is 11.2. The Bertz CT molecular complexity index is 1040. The van der Waals surface area contributed by atoms with Crippen molar-refractivity contribution >= 4 is 27.5 Å². The first-order valence-corrected chi connectivity index (χ1v) is 14.0. The average Bonchev–Trinajstić information content (AvgIpc) is 3.13. The molecule has 0 spiro atoms. The number of aromatic nitrogens is 3. The second-order valence-electron chi connectivity index (χ2n) is 8.86. The normalized spacial score (nSPS) is 23.3. The molecule has 2 aliphatic carbocycles. The maximum absolute atomic E-state index is 13.3. The third-order valence-corrected chi connectivity index (χ3v) is 9.06. The number of rotatable bonds is 7. The summed E-state index contributed by atoms with van der Waals surface area (Å²) in [6, 6.07) is 9.97. The van der Waals surface area contributed by atoms with E-state index in [2.05, 4.69) is 0 Å². The van der Waals surface area contributed by atoms with E-state index in [4.69, 9.17) is 10.1 Å². The molecule has 0 radical (unpaired) electrons. The molecule has 31 heavy (non-hydrogen) atoms. The molecule has 2 aromatic rings. The Labute approximate surface area is 187 Å². The second-order valence-corrected chi connectivity index (χ2v) is 12.0. The van der Waals surface area contributed by atoms with Crippen molar-refractivity contribution in [3.8, 4) is 5.69 Å². The van der Waals surface area contributed by atoms with Gasteiger partial charge in [-0.3, -0.25) is 4.79 Å². The molecule has 3 fully saturated rings. The monoisotopic (exact) mass is 460 g/mol. The highest BCUT2D eigenvalue weighted by atomic mass is 32.2. The molecule has 0 unspecified atom stereocenters. The summed E-state index contributed by atoms with van der Waals surface area (Å²) in [6.07, 6.45) is 6.96. The van der Waals surface area contributed by atoms with Crippen molar-refractivity contribution in [2.75, 3.05) is 17.3 Å². The van der Waals surface area contributed by atoms with Gasteiger partial charge in [0.25, 0.3) is 0 Å². The first-order chi connectivity index (χ1) is 15.0. The zero-order valence-electron chi connectivity index (χ0n) is 17.5. The predicted octanol–water partition coefficient (Wildman–Crippen LogP) is 3.20. The zero-order valence-corrected chi connectivity index (χ0v) is 19.2. The Morgan fingerprint density at radius 3 is 2.45 bits per heavy atom. The van der Waals surface area contributed by atoms with E-state index in [1.165, 1.54) is 11.8 Å². The fourth-order valence-electron chi connectivity index (χ4n) is 4.81. The van der Waals surface area contributed by atoms with Crippen molar-refractivity contribution in [2.24, 2.45) is 0 Å². The number of hydrogen-bond donors (Lipinski definition) is 0. The molecular formula is C22H28N4O3S2. The molecule has 5 rings (SSSR count). The summed E-state index contributed by atoms with van der Waals surface area (Å²) < 4.78 is 26.0. The lowest BCUT2D eigenvalue weighted by Crippen LogP contribution is -2.47. The van der Waals surface area contributed by atoms with Gasteiger partial charge in [-0.2, -0.15) is 0 Å². The van der Waals surface area contributed by atoms with Crippen LogP contribution in [-0.2, 0) is 14.6 Å². The molecule has 0 bridgehead atoms. The molecule has 2 saturated carbocycles. The van der Waals surface area contributed by atoms with Gasteiger partial charge in [0.1, 0.15) is 5.82 Å². The molecular weight excluding hydrogens is 432 g/mol. The summed E-state index contributed by atoms with van der Waals surface area (Å²) in [5, 5.41) is 5.31. The van der Waals surface area contributed by atoms with Crippen LogP contribution in [0.25, 0.3) is 5.69 Å². The number of carbonyl (C=O) groups is 1. The summed E-state index contributed by atoms with van der Waals surface area (Å²) in [5.74, 6) is 1.97. The molecule has 2 heterocycles. The fourth-order valence-corrected chi connectivity index (χ4v) is 7.22. The highest BCUT2D eigenvalue weighted by Gasteiger charge is 2.39. The smallest absolute Gasteiger partial charge is 0.233 e. The molecule has 3 aliphatic rings. The van der Waals surface area contributed by atoms with E-state index in [0.717, 1.165) is 50.0 Å². The van der Waals surface area contributed by atoms with Gasteiger partial charge in [0.15, 0.2) is 9.84 Å². The number of hydrogen-bond acceptors (Lipinski definition) is 6. The minimum Gasteiger partial charge on any atom is -0.335 e. The average molecular weight is 461 g/mol. The lowest BCUT2D eigenvalue weighted by Gasteiger charge is -2.34. The van der Waals surface area contributed by atoms with Crippen LogP contribution in [0.5, 0.6) is 0 Å². The van der Waals surface area contributed by atoms with E-state index >= 15 is 0 Å². The number of benzene rings is 1. The maximum Gasteiger partial charge on any atom is 0.233 e. The third-order valence-electron chi connectivity index (χ3n) is 6.49. The van der Waals surface area contributed by atoms with Crippen LogP contribution in [0.2, 0.25) is 0 Å². The van der Waals surface area contributed by atoms with Gasteiger partial charge in [-0.15, -0.1) is 5.10 Å². The largest absolute Gasteiger partial charge is 0.335 e. The van der Waals surface area contributed by atoms with Crippen LogP contribution in [0.3, 0.4) is 0 Å². The van der Waals surface area contributed by atoms with Crippen molar-refractivity contribution < 1.29 is 13.2 Å². The molecule has 1 aromatic heterocycles. The van der Waals surface area contributed by atoms with Crippen LogP contribution in [0.15, 0.2) is 35.5 Å². The lowest BCUT2D eigenvalue weighted by molar-refractivity contribution is -0.132. The summed E-state index contributed by atoms with van der Waals surface area (Å²) in [6.45, 7) is 0. The lowest BCUT2D eigenvalue weighted by atomic mass is 10.1. The minimum atomic E-state index is -3.03. The molecule has 9 heteroatoms. The van der Waals surface area contributed by atoms with E-state index in [1.54, 1.807) is 0 Å². The topological polar surface area (TPSA) is 85.2 Å². The van der Waals surface area contributed by atoms with E-state index < -0.39 is 9.84 Å². The molecule has 1 atom stereocenters. The van der Waals surface area contributed by atoms with E-state index in [9.17, 15) is 13.2 Å². The van der Waals surface area contributed by atoms with Crippen LogP contribution in [0.4, 0.5) is 0 Å². The molecule has 1 aliphatic heterocycles. The van der Waals surface area contributed by atoms with E-state index in [-0.39, 0.29) is 35.2 Å². The SMILES string of the molecule is O=C(CSc1nc(C2CC2)n(-c2ccccc2)n1)N(C1CCCC1)[C@@H]1CCS(=O)(=O)C1. The van der Waals surface area contributed by atoms with Gasteiger partial charge < -0.3 is 4.90 Å². The Morgan fingerprint density at radius 1 is 1.06 bits per heavy atom. The van der Waals surface area contributed by atoms with Crippen LogP contribution in [-0.4, -0.2) is 63.3 Å². The van der Waals surface area contributed by atoms with Gasteiger partial charge >= 0.3 is 0 Å². The molecule has 1 amide bonds. The molecule has 1 saturated heterocycles. The predicted molar refractivity (Wildman–Crippen MR) is 120 cm³/mol. The fraction of sp³-hybridized carbons (Fsp3) is 0.591. The number of para-hydroxylation sites is 1. The van der Waals surface area contributed by atoms with Gasteiger partial charge in [0.2, 0.25) is 11.1 Å². The second kappa shape index (κ2) is 8.58. The Balaban J connectivity index is 1.32. The quantitative estimate of drug-likeness (QED) is 0.590. The summed E-state index contributed by atoms with van der Waals surface area (Å²) >= 11 is 1.37. The van der Waals surface area contributed by atoms with Crippen LogP contribution in [0.1, 0.15) is 56.7 Å². The van der Waals surface area contributed by atoms with Gasteiger partial charge in [-0.05, 0) is 44.2 Å². The van der Waals surface area contributed by atoms with Crippen LogP contribution < -0.4 is 0 Å². The zero-order chi connectivity index (χ0) is 21.4. The van der Waals surface area contributed by atoms with Crippen LogP contribution >= 0.6 is 11.8 Å². The maximum atomic E-state index is 13.3. The molecule has 1 aromatic carbocycles. The van der Waals surface area contributed by atoms with E-state index in [1.807, 2.05) is 39.9 Å². The summed E-state index contributed by atoms with van der Waals surface area (Å²) in [7, 11) is -3.03. The number of carbonyl (C=O) groups excluding carboxylic acids is 1. The number of sulfone groups is 1. The number of nitrogens with zero attached hydrogens (tertiary/aromatic N) is 4. The Hall–Kier alpha value is -1.87. The number of thioether (sulfide) groups is 1. The van der Waals surface area contributed by atoms with Crippen molar-refractivity contribution in [3.05, 3.63) is 36.2 Å². The van der Waals surface area contributed by atoms with Gasteiger partial charge in [0.05, 0.1) is 22.9 Å². The Kier molecular flexibility index (Phi) is 5.81. The highest BCUT2D eigenvalue weighted by molar-refractivity contribution is 7.99. The van der Waals surface area contributed by atoms with Crippen molar-refractivity contribution in [1.29, 1.82) is 0 Å². The first kappa shape index (κ1) is 21.0. The molecule has 7 nitrogen and oxygen atoms in total. The van der Waals surface area contributed by atoms with Crippen molar-refractivity contribution in [3.63, 3.8) is 0 Å². The van der Waals surface area contributed by atoms with Gasteiger partial charge in [-0.25, -0.2) is 18.1 Å². The number of amides is 1. The molecule has 0 N–H and O–H groups in total. The summed E-state index contributed by atoms with van der Waals surface area (Å²) in [5.41, 5.74) is 0.985. The van der Waals surface area contributed by atoms with Gasteiger partial charge in [0, 0.05) is 18.0 Å². The van der Waals surface area contributed by atoms with Crippen molar-refractivity contribution in [2.45, 2.75) is 68.1 Å². The van der Waals surface area contributed by atoms with Gasteiger partial charge in [-0.1, -0.05) is 42.8 Å². The highest BCUT2D eigenvalue weighted by Crippen LogP contribution is 2.40. The van der Waals surface area contributed by atoms with Crippen LogP contribution in [0, 0.1) is 0 Å². The standard InChI is InChI=1S/C22H28N4O3S2/c27-20(25(17-6-4-5-7-17)19-12-13-31(28,29)15-19)14-30-22-23-21(16-10-11-16)26(24-22)18-8-2-1-3-9-18/h1-3,8-9,16-17,19H,4-7,10-15H2/t19-/m1/s1. The minimum absolute atomic E-state index is 0.0167.